The summed E-state index contributed by atoms with van der Waals surface area (Å²) >= 11 is 0. The molecule has 0 aliphatic heterocycles. The summed E-state index contributed by atoms with van der Waals surface area (Å²) in [6.45, 7) is 0. The SMILES string of the molecule is [2H]c1c([2H])c([2H])c(-c2nc(-c3c([2H])c([2H])c([2H])c([2H])c3[2H])nc(-n3c4c([2H])c([2H])c([2H])c([2H])c4c4c([2H])c([2H])c5c6c([2H])c([2H])c([2H])c([2H])c6n(-c6c([2H])c([2H])c([2H])c(-c7c([2H])c([2H])c([2H])c([2H])c7[2H])c6[2H])c5c43)n2)c([2H])c1[2H]. The normalized spacial score (nSPS) is 19.7. The summed E-state index contributed by atoms with van der Waals surface area (Å²) in [7, 11) is 0. The molecule has 5 heteroatoms. The van der Waals surface area contributed by atoms with Crippen LogP contribution < -0.4 is 0 Å². The number of hydrogen-bond acceptors (Lipinski definition) is 3. The number of hydrogen-bond donors (Lipinski definition) is 0. The molecule has 7 aromatic carbocycles. The van der Waals surface area contributed by atoms with Crippen LogP contribution in [0.4, 0.5) is 0 Å². The number of fused-ring (bicyclic) bond motifs is 7. The first-order valence-electron chi connectivity index (χ1n) is 28.9. The van der Waals surface area contributed by atoms with Gasteiger partial charge in [0.05, 0.1) is 61.8 Å². The van der Waals surface area contributed by atoms with Gasteiger partial charge in [0.1, 0.15) is 0 Å². The van der Waals surface area contributed by atoms with Crippen LogP contribution in [0.2, 0.25) is 0 Å². The molecule has 0 unspecified atom stereocenters. The minimum Gasteiger partial charge on any atom is -0.307 e. The van der Waals surface area contributed by atoms with Gasteiger partial charge in [-0.2, -0.15) is 9.97 Å². The van der Waals surface area contributed by atoms with Crippen LogP contribution in [0.1, 0.15) is 39.8 Å². The molecule has 0 bridgehead atoms. The molecule has 234 valence electrons. The third kappa shape index (κ3) is 4.45. The van der Waals surface area contributed by atoms with E-state index in [2.05, 4.69) is 15.0 Å². The Kier molecular flexibility index (Phi) is 2.65. The van der Waals surface area contributed by atoms with Crippen LogP contribution in [-0.4, -0.2) is 24.1 Å². The van der Waals surface area contributed by atoms with Crippen molar-refractivity contribution in [3.8, 4) is 45.5 Å². The van der Waals surface area contributed by atoms with Crippen LogP contribution in [0, 0.1) is 0 Å². The Morgan fingerprint density at radius 1 is 0.360 bits per heavy atom. The fourth-order valence-electron chi connectivity index (χ4n) is 5.59. The molecule has 0 fully saturated rings. The van der Waals surface area contributed by atoms with Gasteiger partial charge in [-0.3, -0.25) is 4.57 Å². The molecule has 3 aromatic heterocycles. The number of rotatable bonds is 5. The lowest BCUT2D eigenvalue weighted by molar-refractivity contribution is 0.953. The van der Waals surface area contributed by atoms with Crippen LogP contribution in [0.3, 0.4) is 0 Å². The second-order valence-corrected chi connectivity index (χ2v) is 10.3. The van der Waals surface area contributed by atoms with Gasteiger partial charge in [0.2, 0.25) is 5.95 Å². The molecule has 0 spiro atoms. The van der Waals surface area contributed by atoms with Gasteiger partial charge >= 0.3 is 0 Å². The zero-order valence-electron chi connectivity index (χ0n) is 53.7. The molecule has 0 aliphatic carbocycles. The largest absolute Gasteiger partial charge is 0.307 e. The Hall–Kier alpha value is -6.85. The molecule has 0 saturated carbocycles. The van der Waals surface area contributed by atoms with Crippen LogP contribution in [0.5, 0.6) is 0 Å². The summed E-state index contributed by atoms with van der Waals surface area (Å²) in [5.74, 6) is -2.75. The Morgan fingerprint density at radius 2 is 0.820 bits per heavy atom. The Morgan fingerprint density at radius 3 is 1.40 bits per heavy atom. The molecule has 0 saturated heterocycles. The van der Waals surface area contributed by atoms with Crippen molar-refractivity contribution in [3.63, 3.8) is 0 Å². The summed E-state index contributed by atoms with van der Waals surface area (Å²) < 4.78 is 260. The molecule has 3 heterocycles. The zero-order valence-corrected chi connectivity index (χ0v) is 24.7. The smallest absolute Gasteiger partial charge is 0.238 e. The lowest BCUT2D eigenvalue weighted by Gasteiger charge is -2.14. The van der Waals surface area contributed by atoms with Crippen molar-refractivity contribution < 1.29 is 39.8 Å². The van der Waals surface area contributed by atoms with Crippen molar-refractivity contribution in [1.82, 2.24) is 24.1 Å². The van der Waals surface area contributed by atoms with E-state index in [4.69, 9.17) is 28.8 Å². The molecule has 0 radical (unpaired) electrons. The van der Waals surface area contributed by atoms with Gasteiger partial charge in [0.25, 0.3) is 0 Å². The third-order valence-corrected chi connectivity index (χ3v) is 7.60. The second kappa shape index (κ2) is 11.4. The molecule has 0 N–H and O–H groups in total. The van der Waals surface area contributed by atoms with Crippen molar-refractivity contribution in [2.24, 2.45) is 0 Å². The molecule has 50 heavy (non-hydrogen) atoms. The van der Waals surface area contributed by atoms with Crippen molar-refractivity contribution in [2.45, 2.75) is 0 Å². The highest BCUT2D eigenvalue weighted by Crippen LogP contribution is 2.42. The molecule has 10 rings (SSSR count). The van der Waals surface area contributed by atoms with E-state index in [-0.39, 0.29) is 0 Å². The van der Waals surface area contributed by atoms with Crippen molar-refractivity contribution in [3.05, 3.63) is 175 Å². The summed E-state index contributed by atoms with van der Waals surface area (Å²) in [4.78, 5) is 13.2. The first-order valence-corrected chi connectivity index (χ1v) is 14.4. The van der Waals surface area contributed by atoms with E-state index in [1.807, 2.05) is 0 Å². The predicted molar refractivity (Wildman–Crippen MR) is 205 cm³/mol. The maximum atomic E-state index is 9.81. The van der Waals surface area contributed by atoms with E-state index in [0.29, 0.717) is 0 Å². The monoisotopic (exact) mass is 668 g/mol. The fourth-order valence-corrected chi connectivity index (χ4v) is 5.59. The van der Waals surface area contributed by atoms with Crippen LogP contribution in [0.15, 0.2) is 175 Å². The summed E-state index contributed by atoms with van der Waals surface area (Å²) in [5.41, 5.74) is -7.03. The van der Waals surface area contributed by atoms with Crippen LogP contribution in [0.25, 0.3) is 89.2 Å². The number of nitrogens with zero attached hydrogens (tertiary/aromatic N) is 5. The van der Waals surface area contributed by atoms with E-state index < -0.39 is 264 Å². The lowest BCUT2D eigenvalue weighted by Crippen LogP contribution is -2.07. The third-order valence-electron chi connectivity index (χ3n) is 7.60. The molecule has 10 aromatic rings. The van der Waals surface area contributed by atoms with Crippen molar-refractivity contribution in [2.75, 3.05) is 0 Å². The van der Waals surface area contributed by atoms with Crippen molar-refractivity contribution in [1.29, 1.82) is 0 Å². The lowest BCUT2D eigenvalue weighted by atomic mass is 10.1. The molecule has 0 aliphatic rings. The average molecular weight is 669 g/mol. The van der Waals surface area contributed by atoms with Gasteiger partial charge in [0.15, 0.2) is 11.6 Å². The first kappa shape index (κ1) is 11.6. The van der Waals surface area contributed by atoms with E-state index in [9.17, 15) is 11.0 Å². The van der Waals surface area contributed by atoms with Gasteiger partial charge in [-0.1, -0.05) is 151 Å². The minimum absolute atomic E-state index is 0.619. The summed E-state index contributed by atoms with van der Waals surface area (Å²) in [6.07, 6.45) is 0. The van der Waals surface area contributed by atoms with Gasteiger partial charge in [-0.15, -0.1) is 0 Å². The zero-order chi connectivity index (χ0) is 58.3. The highest BCUT2D eigenvalue weighted by atomic mass is 15.2. The minimum atomic E-state index is -1.09. The van der Waals surface area contributed by atoms with Crippen molar-refractivity contribution >= 4 is 43.6 Å². The standard InChI is InChI=1S/C45H29N5/c1-4-15-30(16-5-1)33-21-14-22-34(29-33)49-39-25-12-10-23-35(39)37-27-28-38-36-24-11-13-26-40(36)50(42(38)41(37)49)45-47-43(31-17-6-2-7-18-31)46-44(48-45)32-19-8-3-9-20-32/h1-29H/i1D,2D,3D,4D,5D,6D,7D,8D,9D,10D,11D,12D,13D,14D,15D,16D,17D,18D,19D,20D,21D,22D,23D,24D,25D,26D,27D,28D,29D. The quantitative estimate of drug-likeness (QED) is 0.183. The van der Waals surface area contributed by atoms with E-state index in [0.717, 1.165) is 9.13 Å². The Labute approximate surface area is 329 Å². The van der Waals surface area contributed by atoms with E-state index >= 15 is 0 Å². The highest BCUT2D eigenvalue weighted by Gasteiger charge is 2.23. The Balaban J connectivity index is 1.57. The molecule has 0 amide bonds. The summed E-state index contributed by atoms with van der Waals surface area (Å²) in [5, 5.41) is -2.53. The fraction of sp³-hybridized carbons (Fsp3) is 0. The topological polar surface area (TPSA) is 48.5 Å². The number of aromatic nitrogens is 5. The maximum Gasteiger partial charge on any atom is 0.238 e. The second-order valence-electron chi connectivity index (χ2n) is 10.3. The molecular weight excluding hydrogens is 611 g/mol. The van der Waals surface area contributed by atoms with Crippen LogP contribution in [-0.2, 0) is 0 Å². The highest BCUT2D eigenvalue weighted by molar-refractivity contribution is 6.23. The maximum absolute atomic E-state index is 9.81. The average Bonchev–Trinajstić information content (AvgIpc) is 3.08. The van der Waals surface area contributed by atoms with Gasteiger partial charge in [-0.25, -0.2) is 4.98 Å². The van der Waals surface area contributed by atoms with Gasteiger partial charge in [-0.05, 0) is 35.3 Å². The first-order chi connectivity index (χ1) is 36.9. The number of benzene rings is 7. The van der Waals surface area contributed by atoms with E-state index in [1.165, 1.54) is 0 Å². The summed E-state index contributed by atoms with van der Waals surface area (Å²) in [6, 6.07) is -27.8. The van der Waals surface area contributed by atoms with E-state index in [1.54, 1.807) is 0 Å². The van der Waals surface area contributed by atoms with Gasteiger partial charge in [0, 0.05) is 38.4 Å². The molecule has 5 nitrogen and oxygen atoms in total. The predicted octanol–water partition coefficient (Wildman–Crippen LogP) is 11.1. The molecule has 0 atom stereocenters. The Bertz CT molecular complexity index is 4370. The van der Waals surface area contributed by atoms with Crippen LogP contribution >= 0.6 is 0 Å². The molecular formula is C45H29N5. The van der Waals surface area contributed by atoms with Gasteiger partial charge < -0.3 is 4.57 Å². The number of para-hydroxylation sites is 2.